The molecule has 24 heavy (non-hydrogen) atoms. The van der Waals surface area contributed by atoms with E-state index in [-0.39, 0.29) is 4.90 Å². The number of sulfonamides is 1. The largest absolute Gasteiger partial charge is 0.336 e. The third-order valence-electron chi connectivity index (χ3n) is 4.52. The molecule has 0 saturated heterocycles. The zero-order chi connectivity index (χ0) is 16.9. The van der Waals surface area contributed by atoms with Gasteiger partial charge in [0.25, 0.3) is 15.7 Å². The number of hydrogen-bond donors (Lipinski definition) is 0. The molecule has 0 saturated carbocycles. The Bertz CT molecular complexity index is 1040. The molecule has 6 nitrogen and oxygen atoms in total. The molecule has 0 spiro atoms. The van der Waals surface area contributed by atoms with Gasteiger partial charge in [-0.25, -0.2) is 13.4 Å². The SMILES string of the molecule is CCc1noc2ncc(S(=O)(=O)N3CCc4c(C)cccc43)cc12. The molecule has 3 aromatic rings. The van der Waals surface area contributed by atoms with Gasteiger partial charge in [0, 0.05) is 6.54 Å². The van der Waals surface area contributed by atoms with Crippen LogP contribution in [0.1, 0.15) is 23.7 Å². The number of aromatic nitrogens is 2. The molecule has 3 heterocycles. The normalized spacial score (nSPS) is 14.3. The molecule has 124 valence electrons. The molecule has 0 N–H and O–H groups in total. The van der Waals surface area contributed by atoms with Gasteiger partial charge in [0.05, 0.1) is 23.0 Å². The molecule has 0 amide bonds. The van der Waals surface area contributed by atoms with Gasteiger partial charge in [0.15, 0.2) is 0 Å². The smallest absolute Gasteiger partial charge is 0.265 e. The van der Waals surface area contributed by atoms with E-state index in [1.807, 2.05) is 32.0 Å². The maximum absolute atomic E-state index is 13.1. The molecule has 2 aromatic heterocycles. The highest BCUT2D eigenvalue weighted by atomic mass is 32.2. The fourth-order valence-electron chi connectivity index (χ4n) is 3.21. The minimum atomic E-state index is -3.66. The third kappa shape index (κ3) is 2.11. The van der Waals surface area contributed by atoms with Crippen molar-refractivity contribution in [3.8, 4) is 0 Å². The summed E-state index contributed by atoms with van der Waals surface area (Å²) >= 11 is 0. The van der Waals surface area contributed by atoms with E-state index in [4.69, 9.17) is 4.52 Å². The molecule has 0 unspecified atom stereocenters. The zero-order valence-corrected chi connectivity index (χ0v) is 14.3. The van der Waals surface area contributed by atoms with Crippen LogP contribution in [0.15, 0.2) is 39.9 Å². The average Bonchev–Trinajstić information content (AvgIpc) is 3.19. The van der Waals surface area contributed by atoms with E-state index < -0.39 is 10.0 Å². The van der Waals surface area contributed by atoms with Gasteiger partial charge < -0.3 is 4.52 Å². The van der Waals surface area contributed by atoms with Crippen molar-refractivity contribution in [1.82, 2.24) is 10.1 Å². The van der Waals surface area contributed by atoms with Crippen LogP contribution in [0.3, 0.4) is 0 Å². The summed E-state index contributed by atoms with van der Waals surface area (Å²) in [5.41, 5.74) is 4.05. The molecule has 0 atom stereocenters. The van der Waals surface area contributed by atoms with E-state index in [1.54, 1.807) is 6.07 Å². The fraction of sp³-hybridized carbons (Fsp3) is 0.294. The zero-order valence-electron chi connectivity index (χ0n) is 13.5. The van der Waals surface area contributed by atoms with Crippen molar-refractivity contribution < 1.29 is 12.9 Å². The lowest BCUT2D eigenvalue weighted by Crippen LogP contribution is -2.29. The van der Waals surface area contributed by atoms with Crippen LogP contribution in [0.2, 0.25) is 0 Å². The van der Waals surface area contributed by atoms with Crippen LogP contribution < -0.4 is 4.31 Å². The first kappa shape index (κ1) is 15.1. The van der Waals surface area contributed by atoms with Gasteiger partial charge in [0.2, 0.25) is 0 Å². The van der Waals surface area contributed by atoms with Gasteiger partial charge >= 0.3 is 0 Å². The van der Waals surface area contributed by atoms with Crippen molar-refractivity contribution in [2.75, 3.05) is 10.8 Å². The van der Waals surface area contributed by atoms with E-state index >= 15 is 0 Å². The van der Waals surface area contributed by atoms with Crippen molar-refractivity contribution in [2.24, 2.45) is 0 Å². The van der Waals surface area contributed by atoms with Crippen LogP contribution in [-0.2, 0) is 22.9 Å². The minimum Gasteiger partial charge on any atom is -0.336 e. The molecule has 1 aromatic carbocycles. The number of fused-ring (bicyclic) bond motifs is 2. The molecule has 4 rings (SSSR count). The first-order valence-electron chi connectivity index (χ1n) is 7.88. The summed E-state index contributed by atoms with van der Waals surface area (Å²) in [7, 11) is -3.66. The Hall–Kier alpha value is -2.41. The highest BCUT2D eigenvalue weighted by Gasteiger charge is 2.32. The first-order valence-corrected chi connectivity index (χ1v) is 9.32. The summed E-state index contributed by atoms with van der Waals surface area (Å²) in [6.07, 6.45) is 2.73. The van der Waals surface area contributed by atoms with Gasteiger partial charge in [-0.1, -0.05) is 24.2 Å². The second kappa shape index (κ2) is 5.31. The highest BCUT2D eigenvalue weighted by Crippen LogP contribution is 2.35. The highest BCUT2D eigenvalue weighted by molar-refractivity contribution is 7.92. The predicted octanol–water partition coefficient (Wildman–Crippen LogP) is 2.85. The van der Waals surface area contributed by atoms with Crippen LogP contribution >= 0.6 is 0 Å². The number of nitrogens with zero attached hydrogens (tertiary/aromatic N) is 3. The molecule has 1 aliphatic rings. The Balaban J connectivity index is 1.84. The molecular formula is C17H17N3O3S. The van der Waals surface area contributed by atoms with Crippen LogP contribution in [0.4, 0.5) is 5.69 Å². The van der Waals surface area contributed by atoms with Crippen LogP contribution in [-0.4, -0.2) is 25.1 Å². The van der Waals surface area contributed by atoms with Gasteiger partial charge in [-0.3, -0.25) is 4.31 Å². The maximum atomic E-state index is 13.1. The summed E-state index contributed by atoms with van der Waals surface area (Å²) in [5, 5.41) is 4.59. The second-order valence-electron chi connectivity index (χ2n) is 5.91. The van der Waals surface area contributed by atoms with E-state index in [2.05, 4.69) is 10.1 Å². The lowest BCUT2D eigenvalue weighted by molar-refractivity contribution is 0.439. The predicted molar refractivity (Wildman–Crippen MR) is 90.6 cm³/mol. The van der Waals surface area contributed by atoms with Crippen LogP contribution in [0.5, 0.6) is 0 Å². The lowest BCUT2D eigenvalue weighted by atomic mass is 10.1. The molecule has 7 heteroatoms. The number of rotatable bonds is 3. The van der Waals surface area contributed by atoms with Crippen LogP contribution in [0.25, 0.3) is 11.1 Å². The fourth-order valence-corrected chi connectivity index (χ4v) is 4.68. The molecule has 1 aliphatic heterocycles. The lowest BCUT2D eigenvalue weighted by Gasteiger charge is -2.19. The van der Waals surface area contributed by atoms with Gasteiger partial charge in [-0.2, -0.15) is 0 Å². The minimum absolute atomic E-state index is 0.169. The van der Waals surface area contributed by atoms with E-state index in [0.717, 1.165) is 23.2 Å². The summed E-state index contributed by atoms with van der Waals surface area (Å²) in [6.45, 7) is 4.40. The Labute approximate surface area is 140 Å². The van der Waals surface area contributed by atoms with E-state index in [0.29, 0.717) is 29.8 Å². The van der Waals surface area contributed by atoms with Crippen molar-refractivity contribution in [1.29, 1.82) is 0 Å². The Morgan fingerprint density at radius 2 is 2.17 bits per heavy atom. The second-order valence-corrected chi connectivity index (χ2v) is 7.77. The number of anilines is 1. The monoisotopic (exact) mass is 343 g/mol. The van der Waals surface area contributed by atoms with Crippen molar-refractivity contribution >= 4 is 26.8 Å². The number of benzene rings is 1. The molecular weight excluding hydrogens is 326 g/mol. The summed E-state index contributed by atoms with van der Waals surface area (Å²) in [5.74, 6) is 0. The maximum Gasteiger partial charge on any atom is 0.265 e. The topological polar surface area (TPSA) is 76.3 Å². The van der Waals surface area contributed by atoms with Gasteiger partial charge in [-0.15, -0.1) is 0 Å². The average molecular weight is 343 g/mol. The summed E-state index contributed by atoms with van der Waals surface area (Å²) in [4.78, 5) is 4.29. The Morgan fingerprint density at radius 3 is 2.96 bits per heavy atom. The molecule has 0 fully saturated rings. The van der Waals surface area contributed by atoms with Crippen molar-refractivity contribution in [2.45, 2.75) is 31.6 Å². The summed E-state index contributed by atoms with van der Waals surface area (Å²) in [6, 6.07) is 7.36. The number of hydrogen-bond acceptors (Lipinski definition) is 5. The number of pyridine rings is 1. The Kier molecular flexibility index (Phi) is 3.35. The standard InChI is InChI=1S/C17H17N3O3S/c1-3-15-14-9-12(10-18-17(14)23-19-15)24(21,22)20-8-7-13-11(2)5-4-6-16(13)20/h4-6,9-10H,3,7-8H2,1-2H3. The quantitative estimate of drug-likeness (QED) is 0.731. The first-order chi connectivity index (χ1) is 11.5. The number of aryl methyl sites for hydroxylation is 2. The summed E-state index contributed by atoms with van der Waals surface area (Å²) < 4.78 is 32.8. The van der Waals surface area contributed by atoms with E-state index in [1.165, 1.54) is 10.5 Å². The van der Waals surface area contributed by atoms with Crippen molar-refractivity contribution in [3.05, 3.63) is 47.3 Å². The molecule has 0 aliphatic carbocycles. The van der Waals surface area contributed by atoms with Crippen molar-refractivity contribution in [3.63, 3.8) is 0 Å². The van der Waals surface area contributed by atoms with Crippen LogP contribution in [0, 0.1) is 6.92 Å². The van der Waals surface area contributed by atoms with E-state index in [9.17, 15) is 8.42 Å². The third-order valence-corrected chi connectivity index (χ3v) is 6.30. The molecule has 0 bridgehead atoms. The Morgan fingerprint density at radius 1 is 1.33 bits per heavy atom. The molecule has 0 radical (unpaired) electrons. The van der Waals surface area contributed by atoms with Gasteiger partial charge in [-0.05, 0) is 43.0 Å². The van der Waals surface area contributed by atoms with Gasteiger partial charge in [0.1, 0.15) is 4.90 Å².